The highest BCUT2D eigenvalue weighted by molar-refractivity contribution is 7.08. The number of amides is 1. The first-order valence-electron chi connectivity index (χ1n) is 12.6. The van der Waals surface area contributed by atoms with E-state index in [1.165, 1.54) is 11.3 Å². The summed E-state index contributed by atoms with van der Waals surface area (Å²) in [5, 5.41) is 66.8. The lowest BCUT2D eigenvalue weighted by Gasteiger charge is -2.51. The summed E-state index contributed by atoms with van der Waals surface area (Å²) in [6, 6.07) is 5.48. The van der Waals surface area contributed by atoms with Crippen LogP contribution in [0.4, 0.5) is 0 Å². The molecule has 14 nitrogen and oxygen atoms in total. The molecule has 0 bridgehead atoms. The van der Waals surface area contributed by atoms with Crippen LogP contribution in [0.25, 0.3) is 16.9 Å². The molecule has 0 saturated carbocycles. The molecule has 2 aliphatic heterocycles. The van der Waals surface area contributed by atoms with Crippen molar-refractivity contribution in [3.8, 4) is 28.4 Å². The Morgan fingerprint density at radius 3 is 2.49 bits per heavy atom. The second-order valence-electron chi connectivity index (χ2n) is 10.4. The average molecular weight is 594 g/mol. The van der Waals surface area contributed by atoms with E-state index in [1.807, 2.05) is 16.8 Å². The fourth-order valence-corrected chi connectivity index (χ4v) is 5.69. The summed E-state index contributed by atoms with van der Waals surface area (Å²) in [5.41, 5.74) is 0.911. The number of benzene rings is 1. The van der Waals surface area contributed by atoms with E-state index in [0.29, 0.717) is 46.3 Å². The van der Waals surface area contributed by atoms with Gasteiger partial charge in [0.2, 0.25) is 0 Å². The average Bonchev–Trinajstić information content (AvgIpc) is 3.51. The van der Waals surface area contributed by atoms with Crippen molar-refractivity contribution in [1.82, 2.24) is 14.7 Å². The van der Waals surface area contributed by atoms with Crippen LogP contribution in [0.1, 0.15) is 35.5 Å². The fraction of sp³-hybridized carbons (Fsp3) is 0.462. The first kappa shape index (κ1) is 29.4. The van der Waals surface area contributed by atoms with Gasteiger partial charge in [-0.1, -0.05) is 13.8 Å². The summed E-state index contributed by atoms with van der Waals surface area (Å²) >= 11 is 1.41. The summed E-state index contributed by atoms with van der Waals surface area (Å²) < 4.78 is 22.9. The molecular weight excluding hydrogens is 562 g/mol. The number of ether oxygens (including phenoxy) is 4. The summed E-state index contributed by atoms with van der Waals surface area (Å²) in [6.45, 7) is 2.37. The predicted octanol–water partition coefficient (Wildman–Crippen LogP) is 0.104. The van der Waals surface area contributed by atoms with Crippen LogP contribution in [-0.2, 0) is 22.5 Å². The van der Waals surface area contributed by atoms with Gasteiger partial charge in [0.1, 0.15) is 23.6 Å². The van der Waals surface area contributed by atoms with Gasteiger partial charge in [0, 0.05) is 22.6 Å². The zero-order valence-electron chi connectivity index (χ0n) is 22.5. The molecule has 1 amide bonds. The van der Waals surface area contributed by atoms with Gasteiger partial charge in [0.15, 0.2) is 5.69 Å². The third-order valence-corrected chi connectivity index (χ3v) is 7.50. The van der Waals surface area contributed by atoms with E-state index in [9.17, 15) is 35.4 Å². The number of fused-ring (bicyclic) bond motifs is 3. The number of aromatic nitrogens is 2. The van der Waals surface area contributed by atoms with Crippen LogP contribution < -0.4 is 9.47 Å². The summed E-state index contributed by atoms with van der Waals surface area (Å²) in [4.78, 5) is 14.3. The lowest BCUT2D eigenvalue weighted by molar-refractivity contribution is -0.470. The molecule has 0 aliphatic carbocycles. The maximum absolute atomic E-state index is 14.0. The van der Waals surface area contributed by atoms with Crippen molar-refractivity contribution >= 4 is 17.2 Å². The lowest BCUT2D eigenvalue weighted by Crippen LogP contribution is -2.73. The molecule has 2 aliphatic rings. The number of carbonyl (C=O) groups excluding carboxylic acids is 1. The van der Waals surface area contributed by atoms with Crippen molar-refractivity contribution in [2.45, 2.75) is 44.7 Å². The van der Waals surface area contributed by atoms with Crippen molar-refractivity contribution in [3.63, 3.8) is 0 Å². The van der Waals surface area contributed by atoms with Gasteiger partial charge in [0.05, 0.1) is 38.3 Å². The molecule has 0 atom stereocenters. The molecule has 3 aromatic rings. The van der Waals surface area contributed by atoms with E-state index in [4.69, 9.17) is 14.2 Å². The fourth-order valence-electron chi connectivity index (χ4n) is 5.07. The van der Waals surface area contributed by atoms with Gasteiger partial charge < -0.3 is 49.6 Å². The predicted molar refractivity (Wildman–Crippen MR) is 141 cm³/mol. The van der Waals surface area contributed by atoms with Gasteiger partial charge in [-0.15, -0.1) is 0 Å². The van der Waals surface area contributed by atoms with Crippen LogP contribution in [0.3, 0.4) is 0 Å². The number of rotatable bonds is 10. The Bertz CT molecular complexity index is 1420. The third-order valence-electron chi connectivity index (χ3n) is 6.83. The lowest BCUT2D eigenvalue weighted by atomic mass is 9.93. The second-order valence-corrected chi connectivity index (χ2v) is 11.2. The number of methoxy groups -OCH3 is 1. The summed E-state index contributed by atoms with van der Waals surface area (Å²) in [6.07, 6.45) is -6.64. The van der Waals surface area contributed by atoms with Gasteiger partial charge in [-0.05, 0) is 35.4 Å². The minimum atomic E-state index is -3.75. The van der Waals surface area contributed by atoms with Crippen molar-refractivity contribution in [1.29, 1.82) is 0 Å². The van der Waals surface area contributed by atoms with Gasteiger partial charge in [0.25, 0.3) is 5.91 Å². The Hall–Kier alpha value is -3.12. The van der Waals surface area contributed by atoms with Crippen LogP contribution in [0.2, 0.25) is 0 Å². The topological polar surface area (TPSA) is 196 Å². The smallest absolute Gasteiger partial charge is 0.405 e. The van der Waals surface area contributed by atoms with E-state index in [-0.39, 0.29) is 17.2 Å². The maximum atomic E-state index is 14.0. The summed E-state index contributed by atoms with van der Waals surface area (Å²) in [7, 11) is 1.57. The Morgan fingerprint density at radius 1 is 1.22 bits per heavy atom. The molecule has 0 unspecified atom stereocenters. The number of aliphatic hydroxyl groups is 6. The molecule has 2 aromatic heterocycles. The Balaban J connectivity index is 1.66. The molecule has 1 aromatic carbocycles. The standard InChI is InChI=1S/C26H31N3O11S/c1-14(2)6-15-7-17-20(8-19(15)37-3)39-9-18-21(27-28(22(17)18)16-4-5-41-10-16)23(30)29(25(31,32)33)24(11-38-12-24)13-40-26(34,35)36/h4-5,7-8,10,14,31-36H,6,9,11-13H2,1-3H3. The van der Waals surface area contributed by atoms with Gasteiger partial charge in [-0.2, -0.15) is 16.4 Å². The van der Waals surface area contributed by atoms with Crippen molar-refractivity contribution in [2.24, 2.45) is 5.92 Å². The third kappa shape index (κ3) is 5.55. The molecule has 0 spiro atoms. The largest absolute Gasteiger partial charge is 0.496 e. The van der Waals surface area contributed by atoms with Crippen LogP contribution in [0, 0.1) is 5.92 Å². The van der Waals surface area contributed by atoms with Crippen molar-refractivity contribution < 1.29 is 54.4 Å². The first-order valence-corrected chi connectivity index (χ1v) is 13.6. The second kappa shape index (κ2) is 10.6. The molecule has 6 N–H and O–H groups in total. The van der Waals surface area contributed by atoms with Gasteiger partial charge in [-0.3, -0.25) is 4.79 Å². The summed E-state index contributed by atoms with van der Waals surface area (Å²) in [5.74, 6) is 0.313. The molecule has 1 saturated heterocycles. The van der Waals surface area contributed by atoms with Crippen LogP contribution in [0.5, 0.6) is 11.5 Å². The molecule has 4 heterocycles. The number of carbonyl (C=O) groups is 1. The van der Waals surface area contributed by atoms with E-state index < -0.39 is 43.5 Å². The SMILES string of the molecule is COc1cc2c(cc1CC(C)C)-c1c(c(C(=O)N(C(O)(O)O)C3(COC(O)(O)O)COC3)nn1-c1ccsc1)CO2. The molecule has 1 fully saturated rings. The Morgan fingerprint density at radius 2 is 1.95 bits per heavy atom. The number of hydrogen-bond donors (Lipinski definition) is 6. The van der Waals surface area contributed by atoms with Crippen molar-refractivity contribution in [2.75, 3.05) is 26.9 Å². The van der Waals surface area contributed by atoms with E-state index in [2.05, 4.69) is 23.7 Å². The molecule has 5 rings (SSSR count). The first-order chi connectivity index (χ1) is 19.2. The number of thiophene rings is 1. The van der Waals surface area contributed by atoms with Crippen LogP contribution >= 0.6 is 11.3 Å². The zero-order valence-corrected chi connectivity index (χ0v) is 23.3. The molecule has 41 heavy (non-hydrogen) atoms. The Kier molecular flexibility index (Phi) is 7.60. The minimum absolute atomic E-state index is 0.129. The highest BCUT2D eigenvalue weighted by atomic mass is 32.1. The molecule has 222 valence electrons. The van der Waals surface area contributed by atoms with Gasteiger partial charge >= 0.3 is 12.3 Å². The number of nitrogens with zero attached hydrogens (tertiary/aromatic N) is 3. The monoisotopic (exact) mass is 593 g/mol. The minimum Gasteiger partial charge on any atom is -0.496 e. The number of hydrogen-bond acceptors (Lipinski definition) is 13. The van der Waals surface area contributed by atoms with E-state index in [0.717, 1.165) is 5.56 Å². The highest BCUT2D eigenvalue weighted by Gasteiger charge is 2.57. The highest BCUT2D eigenvalue weighted by Crippen LogP contribution is 2.45. The van der Waals surface area contributed by atoms with Crippen molar-refractivity contribution in [3.05, 3.63) is 45.8 Å². The normalized spacial score (nSPS) is 16.0. The quantitative estimate of drug-likeness (QED) is 0.174. The van der Waals surface area contributed by atoms with Gasteiger partial charge in [-0.25, -0.2) is 9.58 Å². The van der Waals surface area contributed by atoms with E-state index in [1.54, 1.807) is 23.9 Å². The van der Waals surface area contributed by atoms with Crippen LogP contribution in [-0.4, -0.2) is 96.0 Å². The zero-order chi connectivity index (χ0) is 29.7. The molecule has 0 radical (unpaired) electrons. The Labute approximate surface area is 238 Å². The molecule has 15 heteroatoms. The molecular formula is C26H31N3O11S. The maximum Gasteiger partial charge on any atom is 0.405 e. The van der Waals surface area contributed by atoms with Crippen LogP contribution in [0.15, 0.2) is 29.0 Å². The van der Waals surface area contributed by atoms with E-state index >= 15 is 0 Å².